The lowest BCUT2D eigenvalue weighted by atomic mass is 9.89. The third-order valence-electron chi connectivity index (χ3n) is 3.65. The molecule has 92 valence electrons. The van der Waals surface area contributed by atoms with Gasteiger partial charge in [-0.05, 0) is 36.8 Å². The molecule has 0 spiro atoms. The first-order valence-corrected chi connectivity index (χ1v) is 6.07. The van der Waals surface area contributed by atoms with Crippen LogP contribution in [0.1, 0.15) is 24.8 Å². The lowest BCUT2D eigenvalue weighted by Crippen LogP contribution is -2.20. The average molecular weight is 234 g/mol. The molecule has 17 heavy (non-hydrogen) atoms. The minimum Gasteiger partial charge on any atom is -0.496 e. The Morgan fingerprint density at radius 1 is 1.41 bits per heavy atom. The molecule has 0 bridgehead atoms. The van der Waals surface area contributed by atoms with Gasteiger partial charge < -0.3 is 9.84 Å². The number of carbonyl (C=O) groups is 1. The molecule has 0 radical (unpaired) electrons. The van der Waals surface area contributed by atoms with Crippen molar-refractivity contribution in [3.8, 4) is 5.75 Å². The van der Waals surface area contributed by atoms with Gasteiger partial charge in [-0.1, -0.05) is 24.6 Å². The normalized spacial score (nSPS) is 23.6. The predicted molar refractivity (Wildman–Crippen MR) is 65.2 cm³/mol. The van der Waals surface area contributed by atoms with Crippen molar-refractivity contribution in [1.82, 2.24) is 0 Å². The van der Waals surface area contributed by atoms with Crippen LogP contribution >= 0.6 is 0 Å². The summed E-state index contributed by atoms with van der Waals surface area (Å²) >= 11 is 0. The van der Waals surface area contributed by atoms with Crippen molar-refractivity contribution < 1.29 is 14.6 Å². The first-order chi connectivity index (χ1) is 8.22. The minimum atomic E-state index is -0.651. The van der Waals surface area contributed by atoms with Crippen molar-refractivity contribution in [2.75, 3.05) is 7.11 Å². The Labute approximate surface area is 101 Å². The number of para-hydroxylation sites is 1. The van der Waals surface area contributed by atoms with Crippen LogP contribution in [-0.2, 0) is 11.2 Å². The van der Waals surface area contributed by atoms with Crippen LogP contribution in [-0.4, -0.2) is 18.2 Å². The summed E-state index contributed by atoms with van der Waals surface area (Å²) in [4.78, 5) is 11.1. The van der Waals surface area contributed by atoms with Crippen molar-refractivity contribution in [2.45, 2.75) is 25.7 Å². The first-order valence-electron chi connectivity index (χ1n) is 6.07. The highest BCUT2D eigenvalue weighted by Gasteiger charge is 2.33. The zero-order valence-electron chi connectivity index (χ0n) is 10.1. The highest BCUT2D eigenvalue weighted by Crippen LogP contribution is 2.36. The van der Waals surface area contributed by atoms with Gasteiger partial charge in [-0.25, -0.2) is 0 Å². The van der Waals surface area contributed by atoms with E-state index in [-0.39, 0.29) is 11.8 Å². The molecule has 2 atom stereocenters. The third-order valence-corrected chi connectivity index (χ3v) is 3.65. The summed E-state index contributed by atoms with van der Waals surface area (Å²) < 4.78 is 5.30. The summed E-state index contributed by atoms with van der Waals surface area (Å²) in [6, 6.07) is 7.87. The molecule has 1 aliphatic carbocycles. The van der Waals surface area contributed by atoms with Crippen molar-refractivity contribution in [3.63, 3.8) is 0 Å². The Hall–Kier alpha value is -1.51. The molecule has 3 nitrogen and oxygen atoms in total. The Morgan fingerprint density at radius 2 is 2.18 bits per heavy atom. The third kappa shape index (κ3) is 2.60. The lowest BCUT2D eigenvalue weighted by Gasteiger charge is -2.17. The second kappa shape index (κ2) is 5.21. The molecule has 1 N–H and O–H groups in total. The van der Waals surface area contributed by atoms with E-state index in [2.05, 4.69) is 0 Å². The van der Waals surface area contributed by atoms with E-state index in [1.165, 1.54) is 0 Å². The Bertz CT molecular complexity index is 400. The molecule has 2 unspecified atom stereocenters. The number of carboxylic acids is 1. The lowest BCUT2D eigenvalue weighted by molar-refractivity contribution is -0.142. The molecule has 1 saturated carbocycles. The van der Waals surface area contributed by atoms with Gasteiger partial charge in [-0.15, -0.1) is 0 Å². The van der Waals surface area contributed by atoms with E-state index in [9.17, 15) is 4.79 Å². The van der Waals surface area contributed by atoms with Crippen molar-refractivity contribution >= 4 is 5.97 Å². The predicted octanol–water partition coefficient (Wildman–Crippen LogP) is 2.74. The Morgan fingerprint density at radius 3 is 2.88 bits per heavy atom. The van der Waals surface area contributed by atoms with Gasteiger partial charge in [-0.2, -0.15) is 0 Å². The molecule has 0 heterocycles. The van der Waals surface area contributed by atoms with Crippen LogP contribution in [0, 0.1) is 11.8 Å². The number of rotatable bonds is 4. The molecule has 0 amide bonds. The van der Waals surface area contributed by atoms with E-state index < -0.39 is 5.97 Å². The molecule has 0 aromatic heterocycles. The van der Waals surface area contributed by atoms with E-state index in [1.807, 2.05) is 24.3 Å². The average Bonchev–Trinajstić information content (AvgIpc) is 2.78. The summed E-state index contributed by atoms with van der Waals surface area (Å²) in [5.74, 6) is 0.287. The number of methoxy groups -OCH3 is 1. The Kier molecular flexibility index (Phi) is 3.67. The van der Waals surface area contributed by atoms with Crippen LogP contribution in [0.3, 0.4) is 0 Å². The second-order valence-electron chi connectivity index (χ2n) is 4.65. The van der Waals surface area contributed by atoms with Gasteiger partial charge in [0.15, 0.2) is 0 Å². The zero-order valence-corrected chi connectivity index (χ0v) is 10.1. The quantitative estimate of drug-likeness (QED) is 0.871. The fraction of sp³-hybridized carbons (Fsp3) is 0.500. The van der Waals surface area contributed by atoms with Gasteiger partial charge in [-0.3, -0.25) is 4.79 Å². The van der Waals surface area contributed by atoms with Gasteiger partial charge in [0.25, 0.3) is 0 Å². The SMILES string of the molecule is COc1ccccc1CC1CCCC1C(=O)O. The molecular weight excluding hydrogens is 216 g/mol. The van der Waals surface area contributed by atoms with Gasteiger partial charge >= 0.3 is 5.97 Å². The van der Waals surface area contributed by atoms with Gasteiger partial charge in [0, 0.05) is 0 Å². The van der Waals surface area contributed by atoms with Crippen molar-refractivity contribution in [3.05, 3.63) is 29.8 Å². The van der Waals surface area contributed by atoms with Crippen molar-refractivity contribution in [1.29, 1.82) is 0 Å². The maximum absolute atomic E-state index is 11.1. The molecule has 1 fully saturated rings. The summed E-state index contributed by atoms with van der Waals surface area (Å²) in [5, 5.41) is 9.16. The summed E-state index contributed by atoms with van der Waals surface area (Å²) in [5.41, 5.74) is 1.12. The molecule has 1 aromatic rings. The van der Waals surface area contributed by atoms with E-state index in [0.29, 0.717) is 0 Å². The first kappa shape index (κ1) is 12.0. The number of aliphatic carboxylic acids is 1. The maximum Gasteiger partial charge on any atom is 0.306 e. The molecule has 0 saturated heterocycles. The van der Waals surface area contributed by atoms with Gasteiger partial charge in [0.05, 0.1) is 13.0 Å². The van der Waals surface area contributed by atoms with E-state index in [4.69, 9.17) is 9.84 Å². The standard InChI is InChI=1S/C14H18O3/c1-17-13-8-3-2-5-11(13)9-10-6-4-7-12(10)14(15)16/h2-3,5,8,10,12H,4,6-7,9H2,1H3,(H,15,16). The number of benzene rings is 1. The maximum atomic E-state index is 11.1. The van der Waals surface area contributed by atoms with E-state index in [0.717, 1.165) is 37.0 Å². The number of hydrogen-bond acceptors (Lipinski definition) is 2. The van der Waals surface area contributed by atoms with Crippen LogP contribution in [0.5, 0.6) is 5.75 Å². The van der Waals surface area contributed by atoms with Crippen LogP contribution in [0.15, 0.2) is 24.3 Å². The number of carboxylic acid groups (broad SMARTS) is 1. The van der Waals surface area contributed by atoms with Crippen LogP contribution in [0.2, 0.25) is 0 Å². The fourth-order valence-corrected chi connectivity index (χ4v) is 2.76. The summed E-state index contributed by atoms with van der Waals surface area (Å²) in [6.45, 7) is 0. The monoisotopic (exact) mass is 234 g/mol. The highest BCUT2D eigenvalue weighted by molar-refractivity contribution is 5.70. The van der Waals surface area contributed by atoms with Gasteiger partial charge in [0.1, 0.15) is 5.75 Å². The largest absolute Gasteiger partial charge is 0.496 e. The Balaban J connectivity index is 2.12. The van der Waals surface area contributed by atoms with Crippen LogP contribution in [0.25, 0.3) is 0 Å². The smallest absolute Gasteiger partial charge is 0.306 e. The number of hydrogen-bond donors (Lipinski definition) is 1. The molecule has 1 aromatic carbocycles. The molecule has 2 rings (SSSR count). The molecular formula is C14H18O3. The van der Waals surface area contributed by atoms with Crippen LogP contribution < -0.4 is 4.74 Å². The summed E-state index contributed by atoms with van der Waals surface area (Å²) in [7, 11) is 1.65. The fourth-order valence-electron chi connectivity index (χ4n) is 2.76. The molecule has 3 heteroatoms. The highest BCUT2D eigenvalue weighted by atomic mass is 16.5. The van der Waals surface area contributed by atoms with Crippen molar-refractivity contribution in [2.24, 2.45) is 11.8 Å². The van der Waals surface area contributed by atoms with E-state index in [1.54, 1.807) is 7.11 Å². The number of ether oxygens (including phenoxy) is 1. The van der Waals surface area contributed by atoms with Crippen LogP contribution in [0.4, 0.5) is 0 Å². The topological polar surface area (TPSA) is 46.5 Å². The molecule has 1 aliphatic rings. The second-order valence-corrected chi connectivity index (χ2v) is 4.65. The molecule has 0 aliphatic heterocycles. The zero-order chi connectivity index (χ0) is 12.3. The minimum absolute atomic E-state index is 0.181. The summed E-state index contributed by atoms with van der Waals surface area (Å²) in [6.07, 6.45) is 3.65. The van der Waals surface area contributed by atoms with Gasteiger partial charge in [0.2, 0.25) is 0 Å². The van der Waals surface area contributed by atoms with E-state index >= 15 is 0 Å².